The average Bonchev–Trinajstić information content (AvgIpc) is 2.38. The van der Waals surface area contributed by atoms with Gasteiger partial charge in [-0.1, -0.05) is 10.8 Å². The molecule has 10 heavy (non-hydrogen) atoms. The van der Waals surface area contributed by atoms with Crippen LogP contribution in [-0.2, 0) is 4.75 Å². The summed E-state index contributed by atoms with van der Waals surface area (Å²) in [5.74, 6) is 0.854. The Morgan fingerprint density at radius 2 is 2.40 bits per heavy atom. The van der Waals surface area contributed by atoms with E-state index in [1.807, 2.05) is 13.8 Å². The lowest BCUT2D eigenvalue weighted by Crippen LogP contribution is -2.07. The van der Waals surface area contributed by atoms with Gasteiger partial charge in [0, 0.05) is 0 Å². The summed E-state index contributed by atoms with van der Waals surface area (Å²) in [5, 5.41) is 0. The molecule has 0 amide bonds. The van der Waals surface area contributed by atoms with Crippen molar-refractivity contribution in [3.05, 3.63) is 18.4 Å². The van der Waals surface area contributed by atoms with Crippen LogP contribution in [0.2, 0.25) is 0 Å². The highest BCUT2D eigenvalue weighted by atomic mass is 33.1. The van der Waals surface area contributed by atoms with Crippen LogP contribution in [0, 0.1) is 0 Å². The highest BCUT2D eigenvalue weighted by Gasteiger charge is 2.22. The van der Waals surface area contributed by atoms with Crippen LogP contribution in [0.5, 0.6) is 0 Å². The number of hydrogen-bond donors (Lipinski definition) is 1. The topological polar surface area (TPSA) is 26.0 Å². The molecule has 0 atom stereocenters. The molecule has 56 valence electrons. The summed E-state index contributed by atoms with van der Waals surface area (Å²) in [4.78, 5) is 3.82. The van der Waals surface area contributed by atoms with Crippen LogP contribution in [-0.4, -0.2) is 4.98 Å². The first-order valence-corrected chi connectivity index (χ1v) is 4.75. The first kappa shape index (κ1) is 8.01. The molecule has 0 N–H and O–H groups in total. The van der Waals surface area contributed by atoms with Gasteiger partial charge in [-0.15, -0.1) is 11.7 Å². The van der Waals surface area contributed by atoms with Crippen molar-refractivity contribution in [1.29, 1.82) is 0 Å². The van der Waals surface area contributed by atoms with E-state index >= 15 is 0 Å². The van der Waals surface area contributed by atoms with Crippen molar-refractivity contribution in [1.82, 2.24) is 4.98 Å². The number of hydrogen-bond acceptors (Lipinski definition) is 4. The fourth-order valence-corrected chi connectivity index (χ4v) is 1.02. The smallest absolute Gasteiger partial charge is 0.180 e. The molecule has 1 rings (SSSR count). The lowest BCUT2D eigenvalue weighted by molar-refractivity contribution is 0.466. The van der Waals surface area contributed by atoms with Gasteiger partial charge in [0.1, 0.15) is 5.76 Å². The molecule has 2 nitrogen and oxygen atoms in total. The van der Waals surface area contributed by atoms with Crippen molar-refractivity contribution in [3.8, 4) is 0 Å². The zero-order valence-electron chi connectivity index (χ0n) is 5.87. The van der Waals surface area contributed by atoms with Crippen LogP contribution >= 0.6 is 22.5 Å². The molecule has 1 aromatic rings. The van der Waals surface area contributed by atoms with Gasteiger partial charge < -0.3 is 4.42 Å². The molecule has 0 aliphatic carbocycles. The van der Waals surface area contributed by atoms with E-state index in [2.05, 4.69) is 16.6 Å². The highest BCUT2D eigenvalue weighted by molar-refractivity contribution is 8.68. The normalized spacial score (nSPS) is 11.9. The SMILES string of the molecule is CC(C)(SS)c1cnco1. The summed E-state index contributed by atoms with van der Waals surface area (Å²) in [5.41, 5.74) is 0. The minimum Gasteiger partial charge on any atom is -0.447 e. The van der Waals surface area contributed by atoms with E-state index in [9.17, 15) is 0 Å². The lowest BCUT2D eigenvalue weighted by Gasteiger charge is -2.16. The monoisotopic (exact) mass is 175 g/mol. The van der Waals surface area contributed by atoms with Gasteiger partial charge in [-0.2, -0.15) is 0 Å². The molecule has 0 fully saturated rings. The van der Waals surface area contributed by atoms with Crippen LogP contribution in [0.25, 0.3) is 0 Å². The minimum atomic E-state index is -0.0837. The summed E-state index contributed by atoms with van der Waals surface area (Å²) in [6, 6.07) is 0. The maximum absolute atomic E-state index is 5.11. The number of rotatable bonds is 2. The first-order valence-electron chi connectivity index (χ1n) is 2.88. The van der Waals surface area contributed by atoms with Crippen LogP contribution in [0.15, 0.2) is 17.0 Å². The molecule has 4 heteroatoms. The first-order chi connectivity index (χ1) is 4.67. The second-order valence-electron chi connectivity index (χ2n) is 2.47. The van der Waals surface area contributed by atoms with Crippen molar-refractivity contribution in [3.63, 3.8) is 0 Å². The van der Waals surface area contributed by atoms with E-state index in [0.717, 1.165) is 5.76 Å². The third-order valence-electron chi connectivity index (χ3n) is 1.25. The van der Waals surface area contributed by atoms with Gasteiger partial charge in [0.2, 0.25) is 0 Å². The van der Waals surface area contributed by atoms with E-state index < -0.39 is 0 Å². The van der Waals surface area contributed by atoms with Crippen molar-refractivity contribution in [2.24, 2.45) is 0 Å². The van der Waals surface area contributed by atoms with E-state index in [0.29, 0.717) is 0 Å². The van der Waals surface area contributed by atoms with Gasteiger partial charge >= 0.3 is 0 Å². The summed E-state index contributed by atoms with van der Waals surface area (Å²) in [7, 11) is 1.45. The predicted octanol–water partition coefficient (Wildman–Crippen LogP) is 2.49. The molecule has 0 bridgehead atoms. The average molecular weight is 175 g/mol. The number of oxazole rings is 1. The molecule has 0 aliphatic rings. The zero-order chi connectivity index (χ0) is 7.61. The Balaban J connectivity index is 2.85. The number of thiol groups is 1. The van der Waals surface area contributed by atoms with Gasteiger partial charge in [-0.05, 0) is 13.8 Å². The van der Waals surface area contributed by atoms with Gasteiger partial charge in [-0.25, -0.2) is 4.98 Å². The Morgan fingerprint density at radius 1 is 1.70 bits per heavy atom. The molecule has 0 aromatic carbocycles. The minimum absolute atomic E-state index is 0.0837. The Morgan fingerprint density at radius 3 is 2.80 bits per heavy atom. The van der Waals surface area contributed by atoms with Crippen molar-refractivity contribution in [2.45, 2.75) is 18.6 Å². The van der Waals surface area contributed by atoms with Crippen LogP contribution in [0.1, 0.15) is 19.6 Å². The van der Waals surface area contributed by atoms with Gasteiger partial charge in [0.15, 0.2) is 6.39 Å². The molecular weight excluding hydrogens is 166 g/mol. The summed E-state index contributed by atoms with van der Waals surface area (Å²) in [6.45, 7) is 4.07. The van der Waals surface area contributed by atoms with Gasteiger partial charge in [-0.3, -0.25) is 0 Å². The molecular formula is C6H9NOS2. The second kappa shape index (κ2) is 2.88. The molecule has 1 heterocycles. The zero-order valence-corrected chi connectivity index (χ0v) is 7.58. The molecule has 0 saturated heterocycles. The van der Waals surface area contributed by atoms with Crippen molar-refractivity contribution in [2.75, 3.05) is 0 Å². The lowest BCUT2D eigenvalue weighted by atomic mass is 10.2. The largest absolute Gasteiger partial charge is 0.447 e. The Kier molecular flexibility index (Phi) is 2.31. The standard InChI is InChI=1S/C6H9NOS2/c1-6(2,10-9)5-3-7-4-8-5/h3-4,9H,1-2H3. The third kappa shape index (κ3) is 1.49. The molecule has 0 saturated carbocycles. The molecule has 1 aromatic heterocycles. The third-order valence-corrected chi connectivity index (χ3v) is 3.28. The fraction of sp³-hybridized carbons (Fsp3) is 0.500. The summed E-state index contributed by atoms with van der Waals surface area (Å²) in [6.07, 6.45) is 3.14. The van der Waals surface area contributed by atoms with Crippen molar-refractivity contribution >= 4 is 22.5 Å². The Bertz CT molecular complexity index is 196. The van der Waals surface area contributed by atoms with Crippen molar-refractivity contribution < 1.29 is 4.42 Å². The van der Waals surface area contributed by atoms with E-state index in [1.54, 1.807) is 6.20 Å². The van der Waals surface area contributed by atoms with E-state index in [-0.39, 0.29) is 4.75 Å². The quantitative estimate of drug-likeness (QED) is 0.552. The molecule has 0 unspecified atom stereocenters. The summed E-state index contributed by atoms with van der Waals surface area (Å²) < 4.78 is 5.02. The van der Waals surface area contributed by atoms with Crippen LogP contribution < -0.4 is 0 Å². The number of aromatic nitrogens is 1. The predicted molar refractivity (Wildman–Crippen MR) is 46.1 cm³/mol. The van der Waals surface area contributed by atoms with E-state index in [1.165, 1.54) is 17.2 Å². The second-order valence-corrected chi connectivity index (χ2v) is 4.22. The maximum Gasteiger partial charge on any atom is 0.180 e. The van der Waals surface area contributed by atoms with Gasteiger partial charge in [0.05, 0.1) is 10.9 Å². The van der Waals surface area contributed by atoms with Crippen LogP contribution in [0.3, 0.4) is 0 Å². The molecule has 0 spiro atoms. The molecule has 0 aliphatic heterocycles. The van der Waals surface area contributed by atoms with Crippen LogP contribution in [0.4, 0.5) is 0 Å². The van der Waals surface area contributed by atoms with Gasteiger partial charge in [0.25, 0.3) is 0 Å². The Hall–Kier alpha value is -0.0900. The summed E-state index contributed by atoms with van der Waals surface area (Å²) >= 11 is 4.12. The fourth-order valence-electron chi connectivity index (χ4n) is 0.558. The maximum atomic E-state index is 5.11. The number of nitrogens with zero attached hydrogens (tertiary/aromatic N) is 1. The van der Waals surface area contributed by atoms with E-state index in [4.69, 9.17) is 4.42 Å². The molecule has 0 radical (unpaired) electrons. The Labute approximate surface area is 69.2 Å². The highest BCUT2D eigenvalue weighted by Crippen LogP contribution is 2.37.